The number of aliphatic carboxylic acids is 1. The SMILES string of the molecule is CCOc1ccccc1CCC(=O)N1CCCCC1CCC(=O)O. The predicted octanol–water partition coefficient (Wildman–Crippen LogP) is 3.26. The summed E-state index contributed by atoms with van der Waals surface area (Å²) in [5.41, 5.74) is 1.05. The molecule has 1 saturated heterocycles. The van der Waals surface area contributed by atoms with E-state index in [0.717, 1.165) is 37.1 Å². The van der Waals surface area contributed by atoms with Gasteiger partial charge in [0.25, 0.3) is 0 Å². The van der Waals surface area contributed by atoms with Gasteiger partial charge in [-0.3, -0.25) is 9.59 Å². The fraction of sp³-hybridized carbons (Fsp3) is 0.579. The van der Waals surface area contributed by atoms with Gasteiger partial charge in [0.1, 0.15) is 5.75 Å². The number of carbonyl (C=O) groups is 2. The molecule has 1 unspecified atom stereocenters. The molecule has 24 heavy (non-hydrogen) atoms. The zero-order valence-electron chi connectivity index (χ0n) is 14.4. The van der Waals surface area contributed by atoms with E-state index in [9.17, 15) is 9.59 Å². The molecule has 0 spiro atoms. The Balaban J connectivity index is 1.93. The number of carboxylic acid groups (broad SMARTS) is 1. The fourth-order valence-corrected chi connectivity index (χ4v) is 3.31. The number of carboxylic acids is 1. The van der Waals surface area contributed by atoms with Crippen LogP contribution in [0.3, 0.4) is 0 Å². The first-order valence-corrected chi connectivity index (χ1v) is 8.83. The standard InChI is InChI=1S/C19H27NO4/c1-2-24-17-9-4-3-7-15(17)10-12-18(21)20-14-6-5-8-16(20)11-13-19(22)23/h3-4,7,9,16H,2,5-6,8,10-14H2,1H3,(H,22,23). The molecule has 1 aliphatic rings. The topological polar surface area (TPSA) is 66.8 Å². The Morgan fingerprint density at radius 2 is 2.04 bits per heavy atom. The fourth-order valence-electron chi connectivity index (χ4n) is 3.31. The third-order valence-electron chi connectivity index (χ3n) is 4.52. The minimum atomic E-state index is -0.793. The van der Waals surface area contributed by atoms with Crippen molar-refractivity contribution in [1.29, 1.82) is 0 Å². The highest BCUT2D eigenvalue weighted by atomic mass is 16.5. The number of likely N-dealkylation sites (tertiary alicyclic amines) is 1. The molecule has 132 valence electrons. The van der Waals surface area contributed by atoms with Crippen LogP contribution < -0.4 is 4.74 Å². The summed E-state index contributed by atoms with van der Waals surface area (Å²) in [5, 5.41) is 8.88. The summed E-state index contributed by atoms with van der Waals surface area (Å²) in [4.78, 5) is 25.3. The molecule has 1 amide bonds. The number of para-hydroxylation sites is 1. The second kappa shape index (κ2) is 9.30. The van der Waals surface area contributed by atoms with Crippen molar-refractivity contribution >= 4 is 11.9 Å². The summed E-state index contributed by atoms with van der Waals surface area (Å²) in [6.07, 6.45) is 4.75. The van der Waals surface area contributed by atoms with Crippen LogP contribution in [0.5, 0.6) is 5.75 Å². The van der Waals surface area contributed by atoms with Gasteiger partial charge >= 0.3 is 5.97 Å². The summed E-state index contributed by atoms with van der Waals surface area (Å²) in [5.74, 6) is 0.170. The number of hydrogen-bond acceptors (Lipinski definition) is 3. The number of hydrogen-bond donors (Lipinski definition) is 1. The van der Waals surface area contributed by atoms with Gasteiger partial charge in [0.05, 0.1) is 6.61 Å². The van der Waals surface area contributed by atoms with E-state index in [4.69, 9.17) is 9.84 Å². The van der Waals surface area contributed by atoms with E-state index in [2.05, 4.69) is 0 Å². The highest BCUT2D eigenvalue weighted by Crippen LogP contribution is 2.24. The van der Waals surface area contributed by atoms with Gasteiger partial charge < -0.3 is 14.7 Å². The van der Waals surface area contributed by atoms with Crippen LogP contribution in [0.4, 0.5) is 0 Å². The van der Waals surface area contributed by atoms with Crippen molar-refractivity contribution in [3.8, 4) is 5.75 Å². The van der Waals surface area contributed by atoms with E-state index in [-0.39, 0.29) is 18.4 Å². The molecule has 5 heteroatoms. The molecule has 1 aliphatic heterocycles. The van der Waals surface area contributed by atoms with Gasteiger partial charge in [-0.2, -0.15) is 0 Å². The van der Waals surface area contributed by atoms with Crippen LogP contribution in [0.1, 0.15) is 51.0 Å². The Kier molecular flexibility index (Phi) is 7.09. The summed E-state index contributed by atoms with van der Waals surface area (Å²) in [7, 11) is 0. The lowest BCUT2D eigenvalue weighted by molar-refractivity contribution is -0.140. The third kappa shape index (κ3) is 5.25. The molecule has 1 aromatic carbocycles. The van der Waals surface area contributed by atoms with E-state index in [1.807, 2.05) is 36.1 Å². The molecule has 1 heterocycles. The van der Waals surface area contributed by atoms with Gasteiger partial charge in [0, 0.05) is 25.4 Å². The molecule has 1 atom stereocenters. The maximum Gasteiger partial charge on any atom is 0.303 e. The molecule has 1 aromatic rings. The molecule has 0 radical (unpaired) electrons. The highest BCUT2D eigenvalue weighted by molar-refractivity contribution is 5.77. The highest BCUT2D eigenvalue weighted by Gasteiger charge is 2.26. The third-order valence-corrected chi connectivity index (χ3v) is 4.52. The van der Waals surface area contributed by atoms with Crippen LogP contribution in [-0.2, 0) is 16.0 Å². The second-order valence-electron chi connectivity index (χ2n) is 6.21. The minimum Gasteiger partial charge on any atom is -0.494 e. The van der Waals surface area contributed by atoms with Gasteiger partial charge in [-0.15, -0.1) is 0 Å². The van der Waals surface area contributed by atoms with E-state index in [1.54, 1.807) is 0 Å². The average molecular weight is 333 g/mol. The summed E-state index contributed by atoms with van der Waals surface area (Å²) in [6.45, 7) is 3.30. The lowest BCUT2D eigenvalue weighted by Gasteiger charge is -2.36. The second-order valence-corrected chi connectivity index (χ2v) is 6.21. The van der Waals surface area contributed by atoms with Crippen molar-refractivity contribution in [2.75, 3.05) is 13.2 Å². The quantitative estimate of drug-likeness (QED) is 0.793. The van der Waals surface area contributed by atoms with Crippen LogP contribution in [0.2, 0.25) is 0 Å². The first kappa shape index (κ1) is 18.3. The normalized spacial score (nSPS) is 17.5. The molecular weight excluding hydrogens is 306 g/mol. The zero-order chi connectivity index (χ0) is 17.4. The van der Waals surface area contributed by atoms with Gasteiger partial charge in [-0.05, 0) is 50.7 Å². The number of benzene rings is 1. The van der Waals surface area contributed by atoms with E-state index in [1.165, 1.54) is 0 Å². The molecule has 0 bridgehead atoms. The number of nitrogens with zero attached hydrogens (tertiary/aromatic N) is 1. The summed E-state index contributed by atoms with van der Waals surface area (Å²) in [6, 6.07) is 7.89. The Morgan fingerprint density at radius 3 is 2.79 bits per heavy atom. The zero-order valence-corrected chi connectivity index (χ0v) is 14.4. The number of amides is 1. The van der Waals surface area contributed by atoms with Crippen molar-refractivity contribution in [2.24, 2.45) is 0 Å². The monoisotopic (exact) mass is 333 g/mol. The first-order chi connectivity index (χ1) is 11.6. The first-order valence-electron chi connectivity index (χ1n) is 8.83. The van der Waals surface area contributed by atoms with Crippen molar-refractivity contribution in [3.05, 3.63) is 29.8 Å². The Morgan fingerprint density at radius 1 is 1.25 bits per heavy atom. The van der Waals surface area contributed by atoms with Gasteiger partial charge in [0.2, 0.25) is 5.91 Å². The Bertz CT molecular complexity index is 558. The lowest BCUT2D eigenvalue weighted by Crippen LogP contribution is -2.44. The number of carbonyl (C=O) groups excluding carboxylic acids is 1. The lowest BCUT2D eigenvalue weighted by atomic mass is 9.97. The number of aryl methyl sites for hydroxylation is 1. The van der Waals surface area contributed by atoms with Crippen molar-refractivity contribution in [1.82, 2.24) is 4.90 Å². The smallest absolute Gasteiger partial charge is 0.303 e. The maximum absolute atomic E-state index is 12.6. The Hall–Kier alpha value is -2.04. The molecular formula is C19H27NO4. The summed E-state index contributed by atoms with van der Waals surface area (Å²) >= 11 is 0. The summed E-state index contributed by atoms with van der Waals surface area (Å²) < 4.78 is 5.61. The van der Waals surface area contributed by atoms with E-state index in [0.29, 0.717) is 25.9 Å². The van der Waals surface area contributed by atoms with Gasteiger partial charge in [-0.1, -0.05) is 18.2 Å². The maximum atomic E-state index is 12.6. The molecule has 0 aliphatic carbocycles. The number of piperidine rings is 1. The number of ether oxygens (including phenoxy) is 1. The van der Waals surface area contributed by atoms with Crippen LogP contribution in [0.25, 0.3) is 0 Å². The van der Waals surface area contributed by atoms with E-state index >= 15 is 0 Å². The van der Waals surface area contributed by atoms with Crippen molar-refractivity contribution < 1.29 is 19.4 Å². The van der Waals surface area contributed by atoms with E-state index < -0.39 is 5.97 Å². The van der Waals surface area contributed by atoms with Crippen LogP contribution in [0, 0.1) is 0 Å². The average Bonchev–Trinajstić information content (AvgIpc) is 2.59. The minimum absolute atomic E-state index is 0.0736. The van der Waals surface area contributed by atoms with Crippen LogP contribution >= 0.6 is 0 Å². The predicted molar refractivity (Wildman–Crippen MR) is 92.2 cm³/mol. The molecule has 0 saturated carbocycles. The largest absolute Gasteiger partial charge is 0.494 e. The van der Waals surface area contributed by atoms with Crippen molar-refractivity contribution in [3.63, 3.8) is 0 Å². The molecule has 5 nitrogen and oxygen atoms in total. The van der Waals surface area contributed by atoms with Crippen molar-refractivity contribution in [2.45, 2.75) is 57.9 Å². The van der Waals surface area contributed by atoms with Gasteiger partial charge in [-0.25, -0.2) is 0 Å². The molecule has 1 N–H and O–H groups in total. The van der Waals surface area contributed by atoms with Crippen LogP contribution in [0.15, 0.2) is 24.3 Å². The molecule has 0 aromatic heterocycles. The Labute approximate surface area is 143 Å². The number of rotatable bonds is 8. The molecule has 1 fully saturated rings. The molecule has 2 rings (SSSR count). The van der Waals surface area contributed by atoms with Gasteiger partial charge in [0.15, 0.2) is 0 Å². The van der Waals surface area contributed by atoms with Crippen LogP contribution in [-0.4, -0.2) is 41.1 Å².